The summed E-state index contributed by atoms with van der Waals surface area (Å²) in [5.74, 6) is 1.27. The molecular formula is C22H33F3N4O2. The van der Waals surface area contributed by atoms with E-state index in [4.69, 9.17) is 9.47 Å². The third-order valence-electron chi connectivity index (χ3n) is 5.49. The second kappa shape index (κ2) is 11.0. The van der Waals surface area contributed by atoms with Crippen molar-refractivity contribution in [2.75, 3.05) is 64.6 Å². The number of likely N-dealkylation sites (N-methyl/N-ethyl adjacent to an activating group) is 1. The summed E-state index contributed by atoms with van der Waals surface area (Å²) in [5, 5.41) is 3.15. The fourth-order valence-electron chi connectivity index (χ4n) is 3.46. The van der Waals surface area contributed by atoms with Crippen molar-refractivity contribution in [3.05, 3.63) is 29.3 Å². The van der Waals surface area contributed by atoms with Crippen molar-refractivity contribution in [1.82, 2.24) is 10.2 Å². The van der Waals surface area contributed by atoms with Gasteiger partial charge in [0.1, 0.15) is 0 Å². The van der Waals surface area contributed by atoms with Crippen LogP contribution in [-0.2, 0) is 22.2 Å². The first-order valence-corrected chi connectivity index (χ1v) is 11.0. The Labute approximate surface area is 182 Å². The Morgan fingerprint density at radius 1 is 1.29 bits per heavy atom. The lowest BCUT2D eigenvalue weighted by molar-refractivity contribution is -0.138. The molecule has 0 unspecified atom stereocenters. The number of hydrogen-bond donors (Lipinski definition) is 1. The molecule has 6 nitrogen and oxygen atoms in total. The van der Waals surface area contributed by atoms with E-state index in [0.717, 1.165) is 6.61 Å². The highest BCUT2D eigenvalue weighted by Crippen LogP contribution is 2.35. The largest absolute Gasteiger partial charge is 0.416 e. The molecule has 1 saturated heterocycles. The summed E-state index contributed by atoms with van der Waals surface area (Å²) in [5.41, 5.74) is 0.102. The van der Waals surface area contributed by atoms with Gasteiger partial charge in [0.2, 0.25) is 0 Å². The van der Waals surface area contributed by atoms with Crippen LogP contribution in [0.15, 0.2) is 23.2 Å². The molecule has 9 heteroatoms. The molecule has 174 valence electrons. The highest BCUT2D eigenvalue weighted by molar-refractivity contribution is 5.79. The van der Waals surface area contributed by atoms with Gasteiger partial charge in [0.25, 0.3) is 0 Å². The number of benzene rings is 1. The molecule has 0 spiro atoms. The van der Waals surface area contributed by atoms with Crippen molar-refractivity contribution in [2.45, 2.75) is 32.5 Å². The second-order valence-electron chi connectivity index (χ2n) is 8.05. The van der Waals surface area contributed by atoms with Gasteiger partial charge < -0.3 is 24.6 Å². The number of aliphatic imine (C=N–C) groups is 1. The number of anilines is 1. The number of alkyl halides is 3. The predicted molar refractivity (Wildman–Crippen MR) is 115 cm³/mol. The quantitative estimate of drug-likeness (QED) is 0.361. The van der Waals surface area contributed by atoms with E-state index >= 15 is 0 Å². The van der Waals surface area contributed by atoms with Crippen molar-refractivity contribution in [3.8, 4) is 0 Å². The Hall–Kier alpha value is -2.00. The summed E-state index contributed by atoms with van der Waals surface area (Å²) in [6.07, 6.45) is -1.95. The topological polar surface area (TPSA) is 49.3 Å². The van der Waals surface area contributed by atoms with Crippen LogP contribution in [0.2, 0.25) is 0 Å². The molecule has 1 N–H and O–H groups in total. The van der Waals surface area contributed by atoms with E-state index in [1.165, 1.54) is 18.9 Å². The summed E-state index contributed by atoms with van der Waals surface area (Å²) >= 11 is 0. The molecular weight excluding hydrogens is 409 g/mol. The normalized spacial score (nSPS) is 17.7. The summed E-state index contributed by atoms with van der Waals surface area (Å²) in [6.45, 7) is 6.73. The molecule has 1 aromatic carbocycles. The predicted octanol–water partition coefficient (Wildman–Crippen LogP) is 3.37. The molecule has 0 atom stereocenters. The summed E-state index contributed by atoms with van der Waals surface area (Å²) < 4.78 is 52.3. The van der Waals surface area contributed by atoms with Gasteiger partial charge in [-0.3, -0.25) is 0 Å². The number of hydrogen-bond acceptors (Lipinski definition) is 4. The van der Waals surface area contributed by atoms with E-state index in [1.807, 2.05) is 23.8 Å². The maximum atomic E-state index is 13.8. The number of rotatable bonds is 9. The zero-order valence-corrected chi connectivity index (χ0v) is 18.4. The van der Waals surface area contributed by atoms with Crippen molar-refractivity contribution in [3.63, 3.8) is 0 Å². The zero-order valence-electron chi connectivity index (χ0n) is 18.4. The van der Waals surface area contributed by atoms with Gasteiger partial charge in [0.05, 0.1) is 31.9 Å². The molecule has 0 aromatic heterocycles. The van der Waals surface area contributed by atoms with E-state index in [9.17, 15) is 13.2 Å². The number of guanidine groups is 1. The minimum absolute atomic E-state index is 0.0478. The Bertz CT molecular complexity index is 732. The molecule has 1 heterocycles. The van der Waals surface area contributed by atoms with Crippen LogP contribution in [-0.4, -0.2) is 70.5 Å². The maximum Gasteiger partial charge on any atom is 0.416 e. The van der Waals surface area contributed by atoms with Crippen molar-refractivity contribution < 1.29 is 22.6 Å². The number of halogens is 3. The molecule has 2 aliphatic rings. The average Bonchev–Trinajstić information content (AvgIpc) is 3.58. The van der Waals surface area contributed by atoms with Gasteiger partial charge in [0.15, 0.2) is 5.96 Å². The highest BCUT2D eigenvalue weighted by atomic mass is 19.4. The zero-order chi connectivity index (χ0) is 22.3. The standard InChI is InChI=1S/C22H33F3N4O2/c1-3-26-21(28(2)8-11-31-16-17-4-5-17)27-15-18-6-7-19(14-20(18)22(23,24)25)29-9-12-30-13-10-29/h6-7,14,17H,3-5,8-13,15-16H2,1-2H3,(H,26,27). The van der Waals surface area contributed by atoms with Crippen LogP contribution in [0.1, 0.15) is 30.9 Å². The maximum absolute atomic E-state index is 13.8. The van der Waals surface area contributed by atoms with Crippen molar-refractivity contribution in [2.24, 2.45) is 10.9 Å². The van der Waals surface area contributed by atoms with Crippen LogP contribution in [0.3, 0.4) is 0 Å². The lowest BCUT2D eigenvalue weighted by Gasteiger charge is -2.29. The molecule has 3 rings (SSSR count). The van der Waals surface area contributed by atoms with Crippen LogP contribution in [0, 0.1) is 5.92 Å². The molecule has 0 amide bonds. The van der Waals surface area contributed by atoms with Gasteiger partial charge in [-0.25, -0.2) is 4.99 Å². The number of ether oxygens (including phenoxy) is 2. The first-order valence-electron chi connectivity index (χ1n) is 11.0. The monoisotopic (exact) mass is 442 g/mol. The lowest BCUT2D eigenvalue weighted by atomic mass is 10.1. The van der Waals surface area contributed by atoms with E-state index in [0.29, 0.717) is 63.6 Å². The van der Waals surface area contributed by atoms with Crippen LogP contribution in [0.25, 0.3) is 0 Å². The summed E-state index contributed by atoms with van der Waals surface area (Å²) in [6, 6.07) is 4.52. The number of nitrogens with zero attached hydrogens (tertiary/aromatic N) is 3. The summed E-state index contributed by atoms with van der Waals surface area (Å²) in [7, 11) is 1.87. The van der Waals surface area contributed by atoms with E-state index in [-0.39, 0.29) is 12.1 Å². The van der Waals surface area contributed by atoms with Gasteiger partial charge in [-0.15, -0.1) is 0 Å². The van der Waals surface area contributed by atoms with Gasteiger partial charge in [-0.1, -0.05) is 6.07 Å². The van der Waals surface area contributed by atoms with E-state index in [2.05, 4.69) is 10.3 Å². The van der Waals surface area contributed by atoms with Gasteiger partial charge in [-0.05, 0) is 43.4 Å². The molecule has 1 saturated carbocycles. The first kappa shape index (κ1) is 23.7. The van der Waals surface area contributed by atoms with Crippen LogP contribution in [0.5, 0.6) is 0 Å². The van der Waals surface area contributed by atoms with Crippen molar-refractivity contribution in [1.29, 1.82) is 0 Å². The minimum Gasteiger partial charge on any atom is -0.379 e. The molecule has 1 aromatic rings. The highest BCUT2D eigenvalue weighted by Gasteiger charge is 2.34. The van der Waals surface area contributed by atoms with Gasteiger partial charge in [0, 0.05) is 45.5 Å². The minimum atomic E-state index is -4.44. The molecule has 1 aliphatic carbocycles. The molecule has 2 fully saturated rings. The van der Waals surface area contributed by atoms with Gasteiger partial charge in [-0.2, -0.15) is 13.2 Å². The fraction of sp³-hybridized carbons (Fsp3) is 0.682. The van der Waals surface area contributed by atoms with Crippen LogP contribution in [0.4, 0.5) is 18.9 Å². The Morgan fingerprint density at radius 2 is 2.03 bits per heavy atom. The van der Waals surface area contributed by atoms with E-state index < -0.39 is 11.7 Å². The lowest BCUT2D eigenvalue weighted by Crippen LogP contribution is -2.40. The van der Waals surface area contributed by atoms with Gasteiger partial charge >= 0.3 is 6.18 Å². The Kier molecular flexibility index (Phi) is 8.43. The first-order chi connectivity index (χ1) is 14.9. The Balaban J connectivity index is 1.68. The third kappa shape index (κ3) is 7.28. The van der Waals surface area contributed by atoms with Crippen LogP contribution < -0.4 is 10.2 Å². The van der Waals surface area contributed by atoms with E-state index in [1.54, 1.807) is 12.1 Å². The van der Waals surface area contributed by atoms with Crippen molar-refractivity contribution >= 4 is 11.6 Å². The molecule has 0 radical (unpaired) electrons. The van der Waals surface area contributed by atoms with Crippen LogP contribution >= 0.6 is 0 Å². The summed E-state index contributed by atoms with van der Waals surface area (Å²) in [4.78, 5) is 8.28. The fourth-order valence-corrected chi connectivity index (χ4v) is 3.46. The second-order valence-corrected chi connectivity index (χ2v) is 8.05. The molecule has 0 bridgehead atoms. The molecule has 31 heavy (non-hydrogen) atoms. The third-order valence-corrected chi connectivity index (χ3v) is 5.49. The number of morpholine rings is 1. The molecule has 1 aliphatic heterocycles. The SMILES string of the molecule is CCNC(=NCc1ccc(N2CCOCC2)cc1C(F)(F)F)N(C)CCOCC1CC1. The number of nitrogens with one attached hydrogen (secondary N) is 1. The Morgan fingerprint density at radius 3 is 2.68 bits per heavy atom. The smallest absolute Gasteiger partial charge is 0.379 e. The average molecular weight is 443 g/mol.